The average molecular weight is 326 g/mol. The predicted molar refractivity (Wildman–Crippen MR) is 92.9 cm³/mol. The maximum absolute atomic E-state index is 12.8. The van der Waals surface area contributed by atoms with E-state index in [0.29, 0.717) is 29.1 Å². The molecule has 1 aromatic carbocycles. The second kappa shape index (κ2) is 6.51. The van der Waals surface area contributed by atoms with Crippen LogP contribution in [-0.2, 0) is 11.2 Å². The fourth-order valence-corrected chi connectivity index (χ4v) is 3.47. The minimum Gasteiger partial charge on any atom is -0.465 e. The minimum atomic E-state index is -0.413. The minimum absolute atomic E-state index is 0.0116. The number of methoxy groups -OCH3 is 1. The van der Waals surface area contributed by atoms with Crippen molar-refractivity contribution in [3.8, 4) is 0 Å². The number of aromatic amines is 1. The summed E-state index contributed by atoms with van der Waals surface area (Å²) in [6.45, 7) is 4.74. The first-order chi connectivity index (χ1) is 11.5. The Morgan fingerprint density at radius 3 is 2.75 bits per heavy atom. The number of aryl methyl sites for hydroxylation is 2. The van der Waals surface area contributed by atoms with Crippen LogP contribution < -0.4 is 4.90 Å². The second-order valence-corrected chi connectivity index (χ2v) is 6.19. The summed E-state index contributed by atoms with van der Waals surface area (Å²) in [4.78, 5) is 29.9. The van der Waals surface area contributed by atoms with E-state index in [1.807, 2.05) is 12.1 Å². The number of ether oxygens (including phenoxy) is 1. The molecule has 5 heteroatoms. The van der Waals surface area contributed by atoms with Crippen molar-refractivity contribution in [1.29, 1.82) is 0 Å². The summed E-state index contributed by atoms with van der Waals surface area (Å²) < 4.78 is 4.81. The first-order valence-corrected chi connectivity index (χ1v) is 8.16. The van der Waals surface area contributed by atoms with E-state index < -0.39 is 5.97 Å². The molecule has 0 fully saturated rings. The van der Waals surface area contributed by atoms with Crippen molar-refractivity contribution in [2.45, 2.75) is 26.7 Å². The van der Waals surface area contributed by atoms with Crippen LogP contribution in [0.2, 0.25) is 0 Å². The van der Waals surface area contributed by atoms with E-state index in [2.05, 4.69) is 22.0 Å². The summed E-state index contributed by atoms with van der Waals surface area (Å²) >= 11 is 0. The number of carbonyl (C=O) groups is 2. The lowest BCUT2D eigenvalue weighted by Crippen LogP contribution is -2.34. The highest BCUT2D eigenvalue weighted by Crippen LogP contribution is 2.27. The molecule has 1 N–H and O–H groups in total. The molecule has 1 aromatic heterocycles. The summed E-state index contributed by atoms with van der Waals surface area (Å²) in [6, 6.07) is 8.21. The zero-order valence-electron chi connectivity index (χ0n) is 14.3. The first kappa shape index (κ1) is 16.3. The number of H-pyrrole nitrogens is 1. The molecule has 2 heterocycles. The number of carbonyl (C=O) groups excluding carboxylic acids is 2. The normalized spacial score (nSPS) is 13.5. The third kappa shape index (κ3) is 2.82. The van der Waals surface area contributed by atoms with E-state index >= 15 is 0 Å². The van der Waals surface area contributed by atoms with Gasteiger partial charge in [-0.15, -0.1) is 0 Å². The number of aromatic nitrogens is 1. The van der Waals surface area contributed by atoms with Gasteiger partial charge >= 0.3 is 5.97 Å². The fraction of sp³-hybridized carbons (Fsp3) is 0.368. The van der Waals surface area contributed by atoms with Gasteiger partial charge in [-0.25, -0.2) is 4.79 Å². The lowest BCUT2D eigenvalue weighted by Gasteiger charge is -2.30. The van der Waals surface area contributed by atoms with Gasteiger partial charge in [0.25, 0.3) is 0 Å². The molecule has 0 saturated heterocycles. The monoisotopic (exact) mass is 326 g/mol. The maximum atomic E-state index is 12.8. The number of ketones is 1. The van der Waals surface area contributed by atoms with Gasteiger partial charge < -0.3 is 14.6 Å². The summed E-state index contributed by atoms with van der Waals surface area (Å²) in [5.74, 6) is -0.425. The molecule has 0 aliphatic carbocycles. The van der Waals surface area contributed by atoms with Gasteiger partial charge in [0.1, 0.15) is 0 Å². The van der Waals surface area contributed by atoms with E-state index in [4.69, 9.17) is 4.74 Å². The zero-order valence-corrected chi connectivity index (χ0v) is 14.3. The van der Waals surface area contributed by atoms with Crippen LogP contribution in [0, 0.1) is 13.8 Å². The summed E-state index contributed by atoms with van der Waals surface area (Å²) in [5.41, 5.74) is 4.70. The SMILES string of the molecule is COC(=O)c1c(C)[nH]c(C(=O)CN2CCCc3ccccc32)c1C. The third-order valence-corrected chi connectivity index (χ3v) is 4.65. The number of Topliss-reactive ketones (excluding diaryl/α,β-unsaturated/α-hetero) is 1. The lowest BCUT2D eigenvalue weighted by molar-refractivity contribution is 0.0599. The molecule has 24 heavy (non-hydrogen) atoms. The summed E-state index contributed by atoms with van der Waals surface area (Å²) in [5, 5.41) is 0. The third-order valence-electron chi connectivity index (χ3n) is 4.65. The zero-order chi connectivity index (χ0) is 17.3. The van der Waals surface area contributed by atoms with Gasteiger partial charge in [-0.05, 0) is 43.9 Å². The van der Waals surface area contributed by atoms with Crippen molar-refractivity contribution in [2.75, 3.05) is 25.1 Å². The van der Waals surface area contributed by atoms with Crippen LogP contribution in [0.25, 0.3) is 0 Å². The van der Waals surface area contributed by atoms with Crippen molar-refractivity contribution in [3.63, 3.8) is 0 Å². The number of fused-ring (bicyclic) bond motifs is 1. The van der Waals surface area contributed by atoms with Crippen LogP contribution in [0.15, 0.2) is 24.3 Å². The Balaban J connectivity index is 1.86. The molecule has 3 rings (SSSR count). The van der Waals surface area contributed by atoms with Crippen LogP contribution in [0.4, 0.5) is 5.69 Å². The van der Waals surface area contributed by atoms with Crippen LogP contribution in [0.1, 0.15) is 44.1 Å². The molecule has 0 bridgehead atoms. The molecule has 1 aliphatic rings. The summed E-state index contributed by atoms with van der Waals surface area (Å²) in [6.07, 6.45) is 2.09. The molecule has 0 atom stereocenters. The number of rotatable bonds is 4. The van der Waals surface area contributed by atoms with E-state index in [0.717, 1.165) is 25.1 Å². The van der Waals surface area contributed by atoms with Crippen LogP contribution in [0.5, 0.6) is 0 Å². The van der Waals surface area contributed by atoms with Gasteiger partial charge in [-0.3, -0.25) is 4.79 Å². The molecule has 0 radical (unpaired) electrons. The number of anilines is 1. The molecular formula is C19H22N2O3. The number of esters is 1. The first-order valence-electron chi connectivity index (χ1n) is 8.16. The van der Waals surface area contributed by atoms with Crippen molar-refractivity contribution >= 4 is 17.4 Å². The van der Waals surface area contributed by atoms with Gasteiger partial charge in [-0.1, -0.05) is 18.2 Å². The smallest absolute Gasteiger partial charge is 0.339 e. The standard InChI is InChI=1S/C19H22N2O3/c1-12-17(19(23)24-3)13(2)20-18(12)16(22)11-21-10-6-8-14-7-4-5-9-15(14)21/h4-5,7,9,20H,6,8,10-11H2,1-3H3. The molecular weight excluding hydrogens is 304 g/mol. The van der Waals surface area contributed by atoms with Crippen LogP contribution in [-0.4, -0.2) is 36.9 Å². The molecule has 0 spiro atoms. The summed E-state index contributed by atoms with van der Waals surface area (Å²) in [7, 11) is 1.35. The fourth-order valence-electron chi connectivity index (χ4n) is 3.47. The number of hydrogen-bond acceptors (Lipinski definition) is 4. The highest BCUT2D eigenvalue weighted by molar-refractivity contribution is 6.03. The van der Waals surface area contributed by atoms with Gasteiger partial charge in [0.05, 0.1) is 24.9 Å². The van der Waals surface area contributed by atoms with Gasteiger partial charge in [0, 0.05) is 17.9 Å². The quantitative estimate of drug-likeness (QED) is 0.693. The number of benzene rings is 1. The van der Waals surface area contributed by atoms with Crippen molar-refractivity contribution in [2.24, 2.45) is 0 Å². The molecule has 2 aromatic rings. The van der Waals surface area contributed by atoms with Crippen molar-refractivity contribution in [3.05, 3.63) is 52.3 Å². The van der Waals surface area contributed by atoms with Crippen molar-refractivity contribution in [1.82, 2.24) is 4.98 Å². The largest absolute Gasteiger partial charge is 0.465 e. The number of para-hydroxylation sites is 1. The Hall–Kier alpha value is -2.56. The number of nitrogens with one attached hydrogen (secondary N) is 1. The van der Waals surface area contributed by atoms with Gasteiger partial charge in [0.15, 0.2) is 5.78 Å². The van der Waals surface area contributed by atoms with Gasteiger partial charge in [0.2, 0.25) is 0 Å². The highest BCUT2D eigenvalue weighted by Gasteiger charge is 2.25. The van der Waals surface area contributed by atoms with Gasteiger partial charge in [-0.2, -0.15) is 0 Å². The molecule has 0 amide bonds. The predicted octanol–water partition coefficient (Wildman–Crippen LogP) is 3.05. The molecule has 0 unspecified atom stereocenters. The Morgan fingerprint density at radius 2 is 2.00 bits per heavy atom. The number of hydrogen-bond donors (Lipinski definition) is 1. The Kier molecular flexibility index (Phi) is 4.42. The van der Waals surface area contributed by atoms with E-state index in [9.17, 15) is 9.59 Å². The molecule has 126 valence electrons. The Morgan fingerprint density at radius 1 is 1.25 bits per heavy atom. The Labute approximate surface area is 141 Å². The van der Waals surface area contributed by atoms with Crippen LogP contribution in [0.3, 0.4) is 0 Å². The van der Waals surface area contributed by atoms with Crippen LogP contribution >= 0.6 is 0 Å². The molecule has 1 aliphatic heterocycles. The van der Waals surface area contributed by atoms with E-state index in [-0.39, 0.29) is 5.78 Å². The number of nitrogens with zero attached hydrogens (tertiary/aromatic N) is 1. The van der Waals surface area contributed by atoms with Crippen molar-refractivity contribution < 1.29 is 14.3 Å². The topological polar surface area (TPSA) is 62.4 Å². The molecule has 5 nitrogen and oxygen atoms in total. The average Bonchev–Trinajstić information content (AvgIpc) is 2.89. The lowest BCUT2D eigenvalue weighted by atomic mass is 10.0. The molecule has 0 saturated carbocycles. The Bertz CT molecular complexity index is 792. The van der Waals surface area contributed by atoms with E-state index in [1.165, 1.54) is 12.7 Å². The van der Waals surface area contributed by atoms with E-state index in [1.54, 1.807) is 13.8 Å². The second-order valence-electron chi connectivity index (χ2n) is 6.19. The maximum Gasteiger partial charge on any atom is 0.339 e. The highest BCUT2D eigenvalue weighted by atomic mass is 16.5.